The third-order valence-corrected chi connectivity index (χ3v) is 6.21. The smallest absolute Gasteiger partial charge is 0.198 e. The van der Waals surface area contributed by atoms with Crippen LogP contribution in [0.2, 0.25) is 0 Å². The summed E-state index contributed by atoms with van der Waals surface area (Å²) >= 11 is 1.55. The standard InChI is InChI=1S/C18F12I2/c19-5-1(3-9(23)11(25)13(27)15(29)17(3)31)6(20)8(22)2(7(5)21)4-10(24)12(26)14(28)16(30)18(4)32. The van der Waals surface area contributed by atoms with Gasteiger partial charge in [0.2, 0.25) is 0 Å². The monoisotopic (exact) mass is 698 g/mol. The van der Waals surface area contributed by atoms with E-state index < -0.39 is 99.2 Å². The molecule has 0 aliphatic rings. The topological polar surface area (TPSA) is 0 Å². The van der Waals surface area contributed by atoms with Crippen molar-refractivity contribution in [3.8, 4) is 22.3 Å². The maximum Gasteiger partial charge on any atom is 0.198 e. The Morgan fingerprint density at radius 2 is 0.438 bits per heavy atom. The molecule has 0 fully saturated rings. The van der Waals surface area contributed by atoms with E-state index in [4.69, 9.17) is 0 Å². The molecule has 0 aliphatic heterocycles. The van der Waals surface area contributed by atoms with Crippen molar-refractivity contribution in [3.05, 3.63) is 76.9 Å². The van der Waals surface area contributed by atoms with Gasteiger partial charge in [0.05, 0.1) is 18.3 Å². The molecule has 0 atom stereocenters. The minimum atomic E-state index is -2.57. The highest BCUT2D eigenvalue weighted by Gasteiger charge is 2.36. The quantitative estimate of drug-likeness (QED) is 0.111. The van der Waals surface area contributed by atoms with Crippen molar-refractivity contribution in [1.29, 1.82) is 0 Å². The fourth-order valence-electron chi connectivity index (χ4n) is 2.72. The molecular formula is C18F12I2. The molecule has 0 unspecified atom stereocenters. The summed E-state index contributed by atoms with van der Waals surface area (Å²) in [7, 11) is 0. The molecule has 0 nitrogen and oxygen atoms in total. The lowest BCUT2D eigenvalue weighted by molar-refractivity contribution is 0.404. The summed E-state index contributed by atoms with van der Waals surface area (Å²) in [5.41, 5.74) is -7.62. The lowest BCUT2D eigenvalue weighted by atomic mass is 9.96. The number of hydrogen-bond acceptors (Lipinski definition) is 0. The fourth-order valence-corrected chi connectivity index (χ4v) is 4.21. The van der Waals surface area contributed by atoms with Gasteiger partial charge in [-0.1, -0.05) is 0 Å². The van der Waals surface area contributed by atoms with E-state index in [-0.39, 0.29) is 0 Å². The molecule has 3 rings (SSSR count). The Kier molecular flexibility index (Phi) is 6.67. The highest BCUT2D eigenvalue weighted by Crippen LogP contribution is 2.43. The van der Waals surface area contributed by atoms with E-state index in [2.05, 4.69) is 0 Å². The molecule has 3 aromatic rings. The maximum atomic E-state index is 14.7. The van der Waals surface area contributed by atoms with Crippen molar-refractivity contribution in [3.63, 3.8) is 0 Å². The highest BCUT2D eigenvalue weighted by molar-refractivity contribution is 14.1. The number of benzene rings is 3. The minimum absolute atomic E-state index is 0.774. The largest absolute Gasteiger partial charge is 0.203 e. The molecule has 32 heavy (non-hydrogen) atoms. The van der Waals surface area contributed by atoms with E-state index in [1.54, 1.807) is 0 Å². The Hall–Kier alpha value is -1.72. The van der Waals surface area contributed by atoms with Gasteiger partial charge in [-0.2, -0.15) is 0 Å². The predicted molar refractivity (Wildman–Crippen MR) is 102 cm³/mol. The average molecular weight is 698 g/mol. The van der Waals surface area contributed by atoms with E-state index in [1.165, 1.54) is 0 Å². The maximum absolute atomic E-state index is 14.7. The van der Waals surface area contributed by atoms with Crippen LogP contribution in [-0.4, -0.2) is 0 Å². The Morgan fingerprint density at radius 1 is 0.250 bits per heavy atom. The van der Waals surface area contributed by atoms with Gasteiger partial charge in [0.15, 0.2) is 69.8 Å². The van der Waals surface area contributed by atoms with E-state index in [9.17, 15) is 52.7 Å². The molecule has 0 heterocycles. The van der Waals surface area contributed by atoms with Crippen LogP contribution in [0.1, 0.15) is 0 Å². The van der Waals surface area contributed by atoms with Crippen LogP contribution in [0.4, 0.5) is 52.7 Å². The van der Waals surface area contributed by atoms with E-state index in [0.29, 0.717) is 0 Å². The van der Waals surface area contributed by atoms with Crippen LogP contribution in [0.15, 0.2) is 0 Å². The molecule has 14 heteroatoms. The molecule has 0 radical (unpaired) electrons. The molecule has 0 saturated carbocycles. The van der Waals surface area contributed by atoms with Gasteiger partial charge in [-0.3, -0.25) is 0 Å². The molecule has 0 aliphatic carbocycles. The van der Waals surface area contributed by atoms with Gasteiger partial charge in [-0.25, -0.2) is 52.7 Å². The third kappa shape index (κ3) is 3.43. The van der Waals surface area contributed by atoms with Gasteiger partial charge in [-0.05, 0) is 45.2 Å². The first-order valence-electron chi connectivity index (χ1n) is 7.65. The van der Waals surface area contributed by atoms with Gasteiger partial charge in [0.1, 0.15) is 0 Å². The number of rotatable bonds is 2. The van der Waals surface area contributed by atoms with Crippen LogP contribution in [-0.2, 0) is 0 Å². The van der Waals surface area contributed by atoms with Gasteiger partial charge >= 0.3 is 0 Å². The van der Waals surface area contributed by atoms with Gasteiger partial charge in [-0.15, -0.1) is 0 Å². The summed E-state index contributed by atoms with van der Waals surface area (Å²) < 4.78 is 166. The number of hydrogen-bond donors (Lipinski definition) is 0. The van der Waals surface area contributed by atoms with E-state index >= 15 is 0 Å². The number of halogens is 14. The SMILES string of the molecule is Fc1c(F)c(F)c(-c2c(F)c(F)c(-c3c(F)c(F)c(F)c(F)c3I)c(F)c2F)c(I)c1F. The lowest BCUT2D eigenvalue weighted by Gasteiger charge is -2.16. The summed E-state index contributed by atoms with van der Waals surface area (Å²) in [6.45, 7) is 0. The van der Waals surface area contributed by atoms with Crippen LogP contribution in [0.5, 0.6) is 0 Å². The van der Waals surface area contributed by atoms with Crippen molar-refractivity contribution < 1.29 is 52.7 Å². The second-order valence-corrected chi connectivity index (χ2v) is 8.05. The third-order valence-electron chi connectivity index (χ3n) is 4.18. The molecule has 0 amide bonds. The molecule has 0 saturated heterocycles. The minimum Gasteiger partial charge on any atom is -0.203 e. The summed E-state index contributed by atoms with van der Waals surface area (Å²) in [5.74, 6) is -29.3. The molecule has 0 aromatic heterocycles. The Labute approximate surface area is 196 Å². The summed E-state index contributed by atoms with van der Waals surface area (Å²) in [4.78, 5) is 0. The highest BCUT2D eigenvalue weighted by atomic mass is 127. The van der Waals surface area contributed by atoms with E-state index in [1.807, 2.05) is 0 Å². The zero-order valence-corrected chi connectivity index (χ0v) is 18.6. The van der Waals surface area contributed by atoms with Gasteiger partial charge < -0.3 is 0 Å². The Morgan fingerprint density at radius 3 is 0.688 bits per heavy atom. The normalized spacial score (nSPS) is 11.4. The molecule has 3 aromatic carbocycles. The summed E-state index contributed by atoms with van der Waals surface area (Å²) in [6.07, 6.45) is 0. The van der Waals surface area contributed by atoms with Crippen molar-refractivity contribution in [1.82, 2.24) is 0 Å². The zero-order chi connectivity index (χ0) is 24.4. The first-order valence-corrected chi connectivity index (χ1v) is 9.80. The molecule has 0 bridgehead atoms. The summed E-state index contributed by atoms with van der Waals surface area (Å²) in [5, 5.41) is 0. The summed E-state index contributed by atoms with van der Waals surface area (Å²) in [6, 6.07) is 0. The molecule has 0 spiro atoms. The van der Waals surface area contributed by atoms with Crippen LogP contribution in [0.25, 0.3) is 22.3 Å². The van der Waals surface area contributed by atoms with Crippen LogP contribution >= 0.6 is 45.2 Å². The Balaban J connectivity index is 2.50. The molecule has 170 valence electrons. The van der Waals surface area contributed by atoms with Crippen molar-refractivity contribution in [2.75, 3.05) is 0 Å². The van der Waals surface area contributed by atoms with Gasteiger partial charge in [0.25, 0.3) is 0 Å². The second-order valence-electron chi connectivity index (χ2n) is 5.90. The van der Waals surface area contributed by atoms with Crippen LogP contribution in [0.3, 0.4) is 0 Å². The van der Waals surface area contributed by atoms with Crippen molar-refractivity contribution >= 4 is 45.2 Å². The molecular weight excluding hydrogens is 698 g/mol. The Bertz CT molecular complexity index is 1130. The first kappa shape index (κ1) is 24.9. The predicted octanol–water partition coefficient (Wildman–Crippen LogP) is 7.90. The first-order chi connectivity index (χ1) is 14.7. The fraction of sp³-hybridized carbons (Fsp3) is 0. The van der Waals surface area contributed by atoms with Crippen LogP contribution < -0.4 is 0 Å². The zero-order valence-electron chi connectivity index (χ0n) is 14.3. The second kappa shape index (κ2) is 8.57. The average Bonchev–Trinajstić information content (AvgIpc) is 2.76. The van der Waals surface area contributed by atoms with Crippen molar-refractivity contribution in [2.45, 2.75) is 0 Å². The van der Waals surface area contributed by atoms with Crippen molar-refractivity contribution in [2.24, 2.45) is 0 Å². The lowest BCUT2D eigenvalue weighted by Crippen LogP contribution is -2.11. The van der Waals surface area contributed by atoms with Crippen LogP contribution in [0, 0.1) is 76.9 Å². The van der Waals surface area contributed by atoms with E-state index in [0.717, 1.165) is 45.2 Å². The van der Waals surface area contributed by atoms with Gasteiger partial charge in [0, 0.05) is 11.1 Å². The molecule has 0 N–H and O–H groups in total.